The predicted molar refractivity (Wildman–Crippen MR) is 69.2 cm³/mol. The van der Waals surface area contributed by atoms with Crippen molar-refractivity contribution in [2.45, 2.75) is 39.3 Å². The van der Waals surface area contributed by atoms with Gasteiger partial charge in [-0.2, -0.15) is 4.98 Å². The molecule has 2 aromatic heterocycles. The zero-order valence-electron chi connectivity index (χ0n) is 11.0. The molecular formula is C13H20N4O. The van der Waals surface area contributed by atoms with E-state index in [0.717, 1.165) is 19.4 Å². The third-order valence-corrected chi connectivity index (χ3v) is 2.96. The average molecular weight is 248 g/mol. The first-order chi connectivity index (χ1) is 8.83. The van der Waals surface area contributed by atoms with Gasteiger partial charge in [0.05, 0.1) is 6.54 Å². The van der Waals surface area contributed by atoms with E-state index in [1.165, 1.54) is 12.0 Å². The van der Waals surface area contributed by atoms with Crippen molar-refractivity contribution in [3.63, 3.8) is 0 Å². The van der Waals surface area contributed by atoms with Crippen molar-refractivity contribution in [2.75, 3.05) is 6.54 Å². The van der Waals surface area contributed by atoms with Crippen molar-refractivity contribution in [1.29, 1.82) is 0 Å². The minimum atomic E-state index is 0.427. The lowest BCUT2D eigenvalue weighted by Gasteiger charge is -2.14. The molecule has 1 N–H and O–H groups in total. The first-order valence-electron chi connectivity index (χ1n) is 6.47. The maximum absolute atomic E-state index is 4.73. The van der Waals surface area contributed by atoms with E-state index < -0.39 is 0 Å². The summed E-state index contributed by atoms with van der Waals surface area (Å²) < 4.78 is 6.81. The molecule has 2 rings (SSSR count). The van der Waals surface area contributed by atoms with Crippen LogP contribution in [0.4, 0.5) is 0 Å². The summed E-state index contributed by atoms with van der Waals surface area (Å²) in [6.07, 6.45) is 7.80. The quantitative estimate of drug-likeness (QED) is 0.817. The van der Waals surface area contributed by atoms with E-state index in [9.17, 15) is 0 Å². The van der Waals surface area contributed by atoms with E-state index in [4.69, 9.17) is 4.52 Å². The molecule has 2 aromatic rings. The molecule has 0 radical (unpaired) electrons. The monoisotopic (exact) mass is 248 g/mol. The molecule has 98 valence electrons. The second-order valence-corrected chi connectivity index (χ2v) is 4.38. The summed E-state index contributed by atoms with van der Waals surface area (Å²) in [6.45, 7) is 6.08. The molecule has 18 heavy (non-hydrogen) atoms. The number of hydrogen-bond acceptors (Lipinski definition) is 4. The first-order valence-corrected chi connectivity index (χ1v) is 6.47. The molecule has 0 bridgehead atoms. The highest BCUT2D eigenvalue weighted by atomic mass is 16.5. The molecule has 0 spiro atoms. The van der Waals surface area contributed by atoms with Crippen molar-refractivity contribution in [2.24, 2.45) is 0 Å². The average Bonchev–Trinajstić information content (AvgIpc) is 3.03. The van der Waals surface area contributed by atoms with Crippen molar-refractivity contribution in [3.05, 3.63) is 36.2 Å². The van der Waals surface area contributed by atoms with Gasteiger partial charge in [0, 0.05) is 18.4 Å². The maximum Gasteiger partial charge on any atom is 0.213 e. The largest absolute Gasteiger partial charge is 0.346 e. The van der Waals surface area contributed by atoms with Crippen molar-refractivity contribution in [1.82, 2.24) is 20.0 Å². The Hall–Kier alpha value is -1.62. The van der Waals surface area contributed by atoms with Crippen LogP contribution in [-0.2, 0) is 6.54 Å². The summed E-state index contributed by atoms with van der Waals surface area (Å²) in [5.74, 6) is 0.701. The topological polar surface area (TPSA) is 55.9 Å². The van der Waals surface area contributed by atoms with Crippen LogP contribution in [0.3, 0.4) is 0 Å². The zero-order chi connectivity index (χ0) is 12.8. The van der Waals surface area contributed by atoms with Gasteiger partial charge in [0.25, 0.3) is 0 Å². The van der Waals surface area contributed by atoms with E-state index in [1.807, 2.05) is 0 Å². The zero-order valence-corrected chi connectivity index (χ0v) is 11.0. The van der Waals surface area contributed by atoms with E-state index >= 15 is 0 Å². The van der Waals surface area contributed by atoms with E-state index in [0.29, 0.717) is 18.4 Å². The van der Waals surface area contributed by atoms with Gasteiger partial charge < -0.3 is 14.4 Å². The summed E-state index contributed by atoms with van der Waals surface area (Å²) >= 11 is 0. The molecule has 5 heteroatoms. The third-order valence-electron chi connectivity index (χ3n) is 2.96. The SMILES string of the molecule is CCCNC(CC)c1ccn(Cc2ncon2)c1. The number of aromatic nitrogens is 3. The molecule has 0 fully saturated rings. The van der Waals surface area contributed by atoms with Crippen LogP contribution >= 0.6 is 0 Å². The van der Waals surface area contributed by atoms with E-state index in [-0.39, 0.29) is 0 Å². The summed E-state index contributed by atoms with van der Waals surface area (Å²) in [7, 11) is 0. The Balaban J connectivity index is 1.99. The van der Waals surface area contributed by atoms with Crippen LogP contribution in [0.1, 0.15) is 44.1 Å². The number of hydrogen-bond donors (Lipinski definition) is 1. The van der Waals surface area contributed by atoms with Crippen molar-refractivity contribution >= 4 is 0 Å². The molecule has 0 aliphatic heterocycles. The molecule has 0 saturated heterocycles. The molecule has 2 heterocycles. The fourth-order valence-corrected chi connectivity index (χ4v) is 2.01. The van der Waals surface area contributed by atoms with Crippen LogP contribution in [0, 0.1) is 0 Å². The number of nitrogens with zero attached hydrogens (tertiary/aromatic N) is 3. The summed E-state index contributed by atoms with van der Waals surface area (Å²) in [5.41, 5.74) is 1.31. The Bertz CT molecular complexity index is 449. The summed E-state index contributed by atoms with van der Waals surface area (Å²) in [6, 6.07) is 2.58. The molecule has 0 amide bonds. The second kappa shape index (κ2) is 6.35. The smallest absolute Gasteiger partial charge is 0.213 e. The standard InChI is InChI=1S/C13H20N4O/c1-3-6-14-12(4-2)11-5-7-17(8-11)9-13-15-10-18-16-13/h5,7-8,10,12,14H,3-4,6,9H2,1-2H3. The Morgan fingerprint density at radius 2 is 2.33 bits per heavy atom. The van der Waals surface area contributed by atoms with Gasteiger partial charge in [-0.05, 0) is 31.0 Å². The first kappa shape index (κ1) is 12.8. The minimum Gasteiger partial charge on any atom is -0.346 e. The van der Waals surface area contributed by atoms with Gasteiger partial charge in [-0.1, -0.05) is 19.0 Å². The molecule has 0 aliphatic carbocycles. The highest BCUT2D eigenvalue weighted by molar-refractivity contribution is 5.15. The van der Waals surface area contributed by atoms with Crippen LogP contribution in [0.25, 0.3) is 0 Å². The highest BCUT2D eigenvalue weighted by Crippen LogP contribution is 2.17. The van der Waals surface area contributed by atoms with E-state index in [1.54, 1.807) is 0 Å². The number of nitrogens with one attached hydrogen (secondary N) is 1. The van der Waals surface area contributed by atoms with Crippen LogP contribution in [0.2, 0.25) is 0 Å². The lowest BCUT2D eigenvalue weighted by Crippen LogP contribution is -2.21. The molecule has 5 nitrogen and oxygen atoms in total. The normalized spacial score (nSPS) is 12.8. The fraction of sp³-hybridized carbons (Fsp3) is 0.538. The van der Waals surface area contributed by atoms with Crippen molar-refractivity contribution < 1.29 is 4.52 Å². The molecule has 1 atom stereocenters. The number of rotatable bonds is 7. The van der Waals surface area contributed by atoms with Crippen LogP contribution < -0.4 is 5.32 Å². The van der Waals surface area contributed by atoms with Gasteiger partial charge in [-0.3, -0.25) is 0 Å². The maximum atomic E-state index is 4.73. The predicted octanol–water partition coefficient (Wildman–Crippen LogP) is 2.37. The summed E-state index contributed by atoms with van der Waals surface area (Å²) in [4.78, 5) is 4.02. The Morgan fingerprint density at radius 1 is 1.44 bits per heavy atom. The molecule has 0 aliphatic rings. The van der Waals surface area contributed by atoms with Gasteiger partial charge in [-0.25, -0.2) is 0 Å². The molecule has 0 saturated carbocycles. The molecule has 1 unspecified atom stereocenters. The Labute approximate surface area is 107 Å². The highest BCUT2D eigenvalue weighted by Gasteiger charge is 2.10. The van der Waals surface area contributed by atoms with Crippen LogP contribution in [-0.4, -0.2) is 21.3 Å². The minimum absolute atomic E-state index is 0.427. The second-order valence-electron chi connectivity index (χ2n) is 4.38. The fourth-order valence-electron chi connectivity index (χ4n) is 2.01. The lowest BCUT2D eigenvalue weighted by atomic mass is 10.1. The molecular weight excluding hydrogens is 228 g/mol. The van der Waals surface area contributed by atoms with Gasteiger partial charge >= 0.3 is 0 Å². The van der Waals surface area contributed by atoms with Gasteiger partial charge in [0.2, 0.25) is 6.39 Å². The Morgan fingerprint density at radius 3 is 3.00 bits per heavy atom. The van der Waals surface area contributed by atoms with Crippen LogP contribution in [0.5, 0.6) is 0 Å². The van der Waals surface area contributed by atoms with Gasteiger partial charge in [0.1, 0.15) is 0 Å². The van der Waals surface area contributed by atoms with Crippen molar-refractivity contribution in [3.8, 4) is 0 Å². The van der Waals surface area contributed by atoms with Gasteiger partial charge in [-0.15, -0.1) is 0 Å². The van der Waals surface area contributed by atoms with Crippen LogP contribution in [0.15, 0.2) is 29.4 Å². The third kappa shape index (κ3) is 3.20. The van der Waals surface area contributed by atoms with Gasteiger partial charge in [0.15, 0.2) is 5.82 Å². The van der Waals surface area contributed by atoms with E-state index in [2.05, 4.69) is 52.3 Å². The summed E-state index contributed by atoms with van der Waals surface area (Å²) in [5, 5.41) is 7.36. The lowest BCUT2D eigenvalue weighted by molar-refractivity contribution is 0.408. The molecule has 0 aromatic carbocycles. The Kier molecular flexibility index (Phi) is 4.52.